The summed E-state index contributed by atoms with van der Waals surface area (Å²) in [6.45, 7) is 3.44. The number of nitrogens with zero attached hydrogens (tertiary/aromatic N) is 2. The fourth-order valence-corrected chi connectivity index (χ4v) is 2.00. The first-order valence-electron chi connectivity index (χ1n) is 6.91. The molecule has 0 radical (unpaired) electrons. The lowest BCUT2D eigenvalue weighted by Gasteiger charge is -2.09. The Labute approximate surface area is 126 Å². The molecule has 0 aliphatic rings. The Morgan fingerprint density at radius 3 is 2.45 bits per heavy atom. The highest BCUT2D eigenvalue weighted by Crippen LogP contribution is 2.14. The molecule has 0 fully saturated rings. The molecule has 7 heteroatoms. The van der Waals surface area contributed by atoms with Crippen LogP contribution in [0.3, 0.4) is 0 Å². The number of carbonyl (C=O) groups excluding carboxylic acids is 2. The van der Waals surface area contributed by atoms with E-state index in [9.17, 15) is 14.4 Å². The highest BCUT2D eigenvalue weighted by atomic mass is 16.6. The maximum Gasteiger partial charge on any atom is 0.360 e. The lowest BCUT2D eigenvalue weighted by Crippen LogP contribution is -2.26. The van der Waals surface area contributed by atoms with Gasteiger partial charge in [-0.15, -0.1) is 0 Å². The van der Waals surface area contributed by atoms with E-state index >= 15 is 0 Å². The lowest BCUT2D eigenvalue weighted by atomic mass is 10.1. The van der Waals surface area contributed by atoms with E-state index < -0.39 is 18.5 Å². The Hall–Kier alpha value is -2.70. The molecule has 0 saturated heterocycles. The van der Waals surface area contributed by atoms with Gasteiger partial charge in [-0.2, -0.15) is 5.10 Å². The molecule has 0 unspecified atom stereocenters. The van der Waals surface area contributed by atoms with Gasteiger partial charge in [0.1, 0.15) is 0 Å². The monoisotopic (exact) mass is 304 g/mol. The number of ether oxygens (including phenoxy) is 2. The Balaban J connectivity index is 2.38. The van der Waals surface area contributed by atoms with Gasteiger partial charge in [0.15, 0.2) is 12.3 Å². The van der Waals surface area contributed by atoms with Crippen molar-refractivity contribution in [3.63, 3.8) is 0 Å². The summed E-state index contributed by atoms with van der Waals surface area (Å²) in [7, 11) is 0. The van der Waals surface area contributed by atoms with Crippen LogP contribution in [0.1, 0.15) is 24.3 Å². The largest absolute Gasteiger partial charge is 0.463 e. The molecule has 2 rings (SSSR count). The summed E-state index contributed by atoms with van der Waals surface area (Å²) in [5.41, 5.74) is -0.276. The highest BCUT2D eigenvalue weighted by molar-refractivity contribution is 6.02. The number of fused-ring (bicyclic) bond motifs is 1. The van der Waals surface area contributed by atoms with Crippen molar-refractivity contribution < 1.29 is 19.1 Å². The minimum atomic E-state index is -0.772. The molecule has 1 heterocycles. The summed E-state index contributed by atoms with van der Waals surface area (Å²) in [6, 6.07) is 6.64. The van der Waals surface area contributed by atoms with E-state index in [0.717, 1.165) is 0 Å². The van der Waals surface area contributed by atoms with Crippen LogP contribution in [0, 0.1) is 0 Å². The van der Waals surface area contributed by atoms with E-state index in [0.29, 0.717) is 17.3 Å². The molecule has 0 saturated carbocycles. The van der Waals surface area contributed by atoms with Gasteiger partial charge in [0.2, 0.25) is 0 Å². The number of hydrogen-bond acceptors (Lipinski definition) is 6. The second-order valence-electron chi connectivity index (χ2n) is 4.40. The Bertz CT molecular complexity index is 766. The molecule has 0 aliphatic carbocycles. The third-order valence-corrected chi connectivity index (χ3v) is 2.99. The van der Waals surface area contributed by atoms with Crippen LogP contribution >= 0.6 is 0 Å². The van der Waals surface area contributed by atoms with E-state index in [1.807, 2.05) is 0 Å². The van der Waals surface area contributed by atoms with Crippen molar-refractivity contribution in [3.05, 3.63) is 40.3 Å². The Morgan fingerprint density at radius 1 is 1.14 bits per heavy atom. The lowest BCUT2D eigenvalue weighted by molar-refractivity contribution is -0.146. The first-order chi connectivity index (χ1) is 10.6. The van der Waals surface area contributed by atoms with Crippen LogP contribution in [-0.4, -0.2) is 34.9 Å². The number of aromatic nitrogens is 2. The molecule has 1 aromatic heterocycles. The normalized spacial score (nSPS) is 10.5. The van der Waals surface area contributed by atoms with Crippen molar-refractivity contribution in [1.82, 2.24) is 9.78 Å². The fraction of sp³-hybridized carbons (Fsp3) is 0.333. The number of aryl methyl sites for hydroxylation is 1. The van der Waals surface area contributed by atoms with Crippen molar-refractivity contribution in [1.29, 1.82) is 0 Å². The standard InChI is InChI=1S/C15H16N2O5/c1-3-17-14(19)11-8-6-5-7-10(11)13(16-17)15(20)22-9-12(18)21-4-2/h5-8H,3-4,9H2,1-2H3. The van der Waals surface area contributed by atoms with E-state index in [1.54, 1.807) is 38.1 Å². The summed E-state index contributed by atoms with van der Waals surface area (Å²) in [6.07, 6.45) is 0. The maximum absolute atomic E-state index is 12.2. The van der Waals surface area contributed by atoms with Crippen molar-refractivity contribution >= 4 is 22.7 Å². The first-order valence-corrected chi connectivity index (χ1v) is 6.91. The average molecular weight is 304 g/mol. The minimum absolute atomic E-state index is 0.00125. The van der Waals surface area contributed by atoms with Crippen molar-refractivity contribution in [3.8, 4) is 0 Å². The Morgan fingerprint density at radius 2 is 1.82 bits per heavy atom. The summed E-state index contributed by atoms with van der Waals surface area (Å²) in [5, 5.41) is 4.79. The van der Waals surface area contributed by atoms with Crippen molar-refractivity contribution in [2.75, 3.05) is 13.2 Å². The molecule has 0 spiro atoms. The smallest absolute Gasteiger partial charge is 0.360 e. The van der Waals surface area contributed by atoms with E-state index in [-0.39, 0.29) is 17.9 Å². The third kappa shape index (κ3) is 3.13. The van der Waals surface area contributed by atoms with Crippen molar-refractivity contribution in [2.45, 2.75) is 20.4 Å². The van der Waals surface area contributed by atoms with Crippen LogP contribution in [0.2, 0.25) is 0 Å². The van der Waals surface area contributed by atoms with Crippen molar-refractivity contribution in [2.24, 2.45) is 0 Å². The number of benzene rings is 1. The van der Waals surface area contributed by atoms with Crippen LogP contribution in [0.5, 0.6) is 0 Å². The van der Waals surface area contributed by atoms with Gasteiger partial charge in [0.25, 0.3) is 5.56 Å². The van der Waals surface area contributed by atoms with Crippen LogP contribution in [0.4, 0.5) is 0 Å². The maximum atomic E-state index is 12.2. The molecule has 0 bridgehead atoms. The summed E-state index contributed by atoms with van der Waals surface area (Å²) in [5.74, 6) is -1.41. The highest BCUT2D eigenvalue weighted by Gasteiger charge is 2.18. The second kappa shape index (κ2) is 6.84. The van der Waals surface area contributed by atoms with E-state index in [1.165, 1.54) is 4.68 Å². The van der Waals surface area contributed by atoms with Gasteiger partial charge in [-0.05, 0) is 19.9 Å². The minimum Gasteiger partial charge on any atom is -0.463 e. The van der Waals surface area contributed by atoms with Gasteiger partial charge in [0.05, 0.1) is 12.0 Å². The SMILES string of the molecule is CCOC(=O)COC(=O)c1nn(CC)c(=O)c2ccccc12. The quantitative estimate of drug-likeness (QED) is 0.770. The van der Waals surface area contributed by atoms with Gasteiger partial charge in [-0.25, -0.2) is 14.3 Å². The molecular formula is C15H16N2O5. The third-order valence-electron chi connectivity index (χ3n) is 2.99. The number of rotatable bonds is 5. The van der Waals surface area contributed by atoms with Gasteiger partial charge >= 0.3 is 11.9 Å². The molecule has 0 aliphatic heterocycles. The first kappa shape index (κ1) is 15.7. The number of carbonyl (C=O) groups is 2. The molecule has 0 N–H and O–H groups in total. The molecule has 1 aromatic carbocycles. The second-order valence-corrected chi connectivity index (χ2v) is 4.40. The molecule has 7 nitrogen and oxygen atoms in total. The molecule has 2 aromatic rings. The van der Waals surface area contributed by atoms with Crippen LogP contribution in [0.15, 0.2) is 29.1 Å². The fourth-order valence-electron chi connectivity index (χ4n) is 2.00. The molecule has 0 atom stereocenters. The van der Waals surface area contributed by atoms with Gasteiger partial charge in [0, 0.05) is 11.9 Å². The summed E-state index contributed by atoms with van der Waals surface area (Å²) < 4.78 is 10.8. The van der Waals surface area contributed by atoms with Crippen LogP contribution in [-0.2, 0) is 20.8 Å². The number of esters is 2. The predicted molar refractivity (Wildman–Crippen MR) is 78.6 cm³/mol. The average Bonchev–Trinajstić information content (AvgIpc) is 2.53. The Kier molecular flexibility index (Phi) is 4.88. The van der Waals surface area contributed by atoms with Gasteiger partial charge < -0.3 is 9.47 Å². The summed E-state index contributed by atoms with van der Waals surface area (Å²) in [4.78, 5) is 35.5. The van der Waals surface area contributed by atoms with Crippen LogP contribution in [0.25, 0.3) is 10.8 Å². The van der Waals surface area contributed by atoms with E-state index in [4.69, 9.17) is 4.74 Å². The van der Waals surface area contributed by atoms with E-state index in [2.05, 4.69) is 9.84 Å². The topological polar surface area (TPSA) is 87.5 Å². The van der Waals surface area contributed by atoms with Gasteiger partial charge in [-0.1, -0.05) is 18.2 Å². The zero-order valence-corrected chi connectivity index (χ0v) is 12.4. The molecular weight excluding hydrogens is 288 g/mol. The molecule has 0 amide bonds. The number of hydrogen-bond donors (Lipinski definition) is 0. The predicted octanol–water partition coefficient (Wildman–Crippen LogP) is 1.14. The zero-order valence-electron chi connectivity index (χ0n) is 12.4. The zero-order chi connectivity index (χ0) is 16.1. The summed E-state index contributed by atoms with van der Waals surface area (Å²) >= 11 is 0. The van der Waals surface area contributed by atoms with Crippen LogP contribution < -0.4 is 5.56 Å². The van der Waals surface area contributed by atoms with Gasteiger partial charge in [-0.3, -0.25) is 4.79 Å². The molecule has 22 heavy (non-hydrogen) atoms. The molecule has 116 valence electrons.